The minimum absolute atomic E-state index is 0.121. The topological polar surface area (TPSA) is 75.6 Å². The molecule has 120 valence electrons. The van der Waals surface area contributed by atoms with Gasteiger partial charge in [0.25, 0.3) is 5.56 Å². The van der Waals surface area contributed by atoms with Gasteiger partial charge in [-0.3, -0.25) is 4.79 Å². The van der Waals surface area contributed by atoms with E-state index < -0.39 is 0 Å². The standard InChI is InChI=1S/C17H14ClN5O/c1-23-9-21-15-6-13(8-20-16(15)23)19-7-11-4-10-5-12(18)2-3-14(10)22-17(11)24/h2-6,8-9,19H,7H2,1H3,(H,22,24). The van der Waals surface area contributed by atoms with E-state index in [0.717, 1.165) is 27.8 Å². The van der Waals surface area contributed by atoms with E-state index in [-0.39, 0.29) is 5.56 Å². The molecule has 4 aromatic rings. The third kappa shape index (κ3) is 2.61. The van der Waals surface area contributed by atoms with Crippen LogP contribution in [0.3, 0.4) is 0 Å². The van der Waals surface area contributed by atoms with Crippen LogP contribution in [0.4, 0.5) is 5.69 Å². The average molecular weight is 340 g/mol. The minimum atomic E-state index is -0.121. The Balaban J connectivity index is 1.63. The summed E-state index contributed by atoms with van der Waals surface area (Å²) in [5.74, 6) is 0. The molecule has 7 heteroatoms. The number of rotatable bonds is 3. The van der Waals surface area contributed by atoms with E-state index in [9.17, 15) is 4.79 Å². The number of pyridine rings is 2. The summed E-state index contributed by atoms with van der Waals surface area (Å²) < 4.78 is 1.86. The van der Waals surface area contributed by atoms with Gasteiger partial charge in [0.2, 0.25) is 0 Å². The van der Waals surface area contributed by atoms with Gasteiger partial charge in [0, 0.05) is 35.1 Å². The second-order valence-corrected chi connectivity index (χ2v) is 6.07. The first-order valence-corrected chi connectivity index (χ1v) is 7.80. The summed E-state index contributed by atoms with van der Waals surface area (Å²) in [5.41, 5.74) is 3.71. The molecule has 0 unspecified atom stereocenters. The number of nitrogens with zero attached hydrogens (tertiary/aromatic N) is 3. The zero-order chi connectivity index (χ0) is 16.7. The van der Waals surface area contributed by atoms with Crippen LogP contribution in [0.1, 0.15) is 5.56 Å². The Morgan fingerprint density at radius 3 is 3.00 bits per heavy atom. The molecule has 0 spiro atoms. The molecule has 0 aliphatic heterocycles. The first kappa shape index (κ1) is 14.7. The Kier molecular flexibility index (Phi) is 3.46. The molecule has 0 atom stereocenters. The van der Waals surface area contributed by atoms with Crippen LogP contribution < -0.4 is 10.9 Å². The van der Waals surface area contributed by atoms with Gasteiger partial charge in [-0.15, -0.1) is 0 Å². The van der Waals surface area contributed by atoms with Crippen molar-refractivity contribution < 1.29 is 0 Å². The summed E-state index contributed by atoms with van der Waals surface area (Å²) in [6.07, 6.45) is 3.45. The number of benzene rings is 1. The first-order valence-electron chi connectivity index (χ1n) is 7.42. The molecule has 0 saturated carbocycles. The number of hydrogen-bond acceptors (Lipinski definition) is 4. The Morgan fingerprint density at radius 1 is 1.25 bits per heavy atom. The summed E-state index contributed by atoms with van der Waals surface area (Å²) in [4.78, 5) is 23.7. The molecule has 0 radical (unpaired) electrons. The molecule has 2 N–H and O–H groups in total. The molecule has 3 aromatic heterocycles. The highest BCUT2D eigenvalue weighted by Crippen LogP contribution is 2.18. The van der Waals surface area contributed by atoms with Gasteiger partial charge < -0.3 is 14.9 Å². The molecule has 0 fully saturated rings. The monoisotopic (exact) mass is 339 g/mol. The van der Waals surface area contributed by atoms with Crippen LogP contribution in [0, 0.1) is 0 Å². The molecular weight excluding hydrogens is 326 g/mol. The van der Waals surface area contributed by atoms with Gasteiger partial charge >= 0.3 is 0 Å². The lowest BCUT2D eigenvalue weighted by atomic mass is 10.1. The number of aromatic nitrogens is 4. The van der Waals surface area contributed by atoms with E-state index >= 15 is 0 Å². The van der Waals surface area contributed by atoms with Crippen LogP contribution in [0.2, 0.25) is 5.02 Å². The molecule has 0 aliphatic carbocycles. The lowest BCUT2D eigenvalue weighted by molar-refractivity contribution is 0.930. The highest BCUT2D eigenvalue weighted by molar-refractivity contribution is 6.31. The summed E-state index contributed by atoms with van der Waals surface area (Å²) >= 11 is 6.02. The largest absolute Gasteiger partial charge is 0.379 e. The number of fused-ring (bicyclic) bond motifs is 2. The van der Waals surface area contributed by atoms with Gasteiger partial charge in [0.15, 0.2) is 5.65 Å². The maximum atomic E-state index is 12.2. The van der Waals surface area contributed by atoms with Crippen LogP contribution >= 0.6 is 11.6 Å². The molecule has 4 rings (SSSR count). The van der Waals surface area contributed by atoms with Crippen molar-refractivity contribution in [2.24, 2.45) is 7.05 Å². The molecule has 3 heterocycles. The van der Waals surface area contributed by atoms with Gasteiger partial charge in [-0.05, 0) is 30.3 Å². The van der Waals surface area contributed by atoms with E-state index in [2.05, 4.69) is 20.3 Å². The zero-order valence-electron chi connectivity index (χ0n) is 12.9. The quantitative estimate of drug-likeness (QED) is 0.601. The third-order valence-corrected chi connectivity index (χ3v) is 4.15. The van der Waals surface area contributed by atoms with E-state index in [1.165, 1.54) is 0 Å². The lowest BCUT2D eigenvalue weighted by Crippen LogP contribution is -2.15. The maximum absolute atomic E-state index is 12.2. The Labute approximate surface area is 142 Å². The number of nitrogens with one attached hydrogen (secondary N) is 2. The summed E-state index contributed by atoms with van der Waals surface area (Å²) in [6.45, 7) is 0.387. The second-order valence-electron chi connectivity index (χ2n) is 5.63. The highest BCUT2D eigenvalue weighted by Gasteiger charge is 2.06. The molecule has 24 heavy (non-hydrogen) atoms. The average Bonchev–Trinajstić information content (AvgIpc) is 2.94. The van der Waals surface area contributed by atoms with E-state index in [1.807, 2.05) is 29.8 Å². The number of imidazole rings is 1. The summed E-state index contributed by atoms with van der Waals surface area (Å²) in [7, 11) is 1.90. The molecule has 0 saturated heterocycles. The minimum Gasteiger partial charge on any atom is -0.379 e. The van der Waals surface area contributed by atoms with Crippen molar-refractivity contribution >= 4 is 39.4 Å². The fraction of sp³-hybridized carbons (Fsp3) is 0.118. The van der Waals surface area contributed by atoms with Crippen molar-refractivity contribution in [3.63, 3.8) is 0 Å². The predicted molar refractivity (Wildman–Crippen MR) is 95.4 cm³/mol. The SMILES string of the molecule is Cn1cnc2cc(NCc3cc4cc(Cl)ccc4[nH]c3=O)cnc21. The van der Waals surface area contributed by atoms with Crippen molar-refractivity contribution in [1.29, 1.82) is 0 Å². The number of halogens is 1. The number of H-pyrrole nitrogens is 1. The van der Waals surface area contributed by atoms with Crippen LogP contribution in [0.25, 0.3) is 22.1 Å². The van der Waals surface area contributed by atoms with Crippen molar-refractivity contribution in [2.75, 3.05) is 5.32 Å². The zero-order valence-corrected chi connectivity index (χ0v) is 13.6. The van der Waals surface area contributed by atoms with Crippen molar-refractivity contribution in [3.05, 3.63) is 63.8 Å². The number of anilines is 1. The van der Waals surface area contributed by atoms with E-state index in [4.69, 9.17) is 11.6 Å². The number of hydrogen-bond donors (Lipinski definition) is 2. The van der Waals surface area contributed by atoms with Crippen LogP contribution in [0.5, 0.6) is 0 Å². The molecule has 6 nitrogen and oxygen atoms in total. The summed E-state index contributed by atoms with van der Waals surface area (Å²) in [6, 6.07) is 9.15. The van der Waals surface area contributed by atoms with Crippen LogP contribution in [-0.4, -0.2) is 19.5 Å². The third-order valence-electron chi connectivity index (χ3n) is 3.92. The Hall–Kier alpha value is -2.86. The van der Waals surface area contributed by atoms with Gasteiger partial charge in [-0.25, -0.2) is 9.97 Å². The van der Waals surface area contributed by atoms with Gasteiger partial charge in [-0.1, -0.05) is 11.6 Å². The molecule has 1 aromatic carbocycles. The van der Waals surface area contributed by atoms with E-state index in [1.54, 1.807) is 24.7 Å². The van der Waals surface area contributed by atoms with Crippen molar-refractivity contribution in [3.8, 4) is 0 Å². The smallest absolute Gasteiger partial charge is 0.253 e. The van der Waals surface area contributed by atoms with Crippen molar-refractivity contribution in [1.82, 2.24) is 19.5 Å². The van der Waals surface area contributed by atoms with Crippen molar-refractivity contribution in [2.45, 2.75) is 6.54 Å². The molecule has 0 amide bonds. The number of aryl methyl sites for hydroxylation is 1. The van der Waals surface area contributed by atoms with Gasteiger partial charge in [0.1, 0.15) is 5.52 Å². The lowest BCUT2D eigenvalue weighted by Gasteiger charge is -2.07. The summed E-state index contributed by atoms with van der Waals surface area (Å²) in [5, 5.41) is 4.76. The van der Waals surface area contributed by atoms with Gasteiger partial charge in [0.05, 0.1) is 18.2 Å². The molecular formula is C17H14ClN5O. The predicted octanol–water partition coefficient (Wildman–Crippen LogP) is 3.08. The van der Waals surface area contributed by atoms with Crippen LogP contribution in [-0.2, 0) is 13.6 Å². The number of aromatic amines is 1. The molecule has 0 bridgehead atoms. The maximum Gasteiger partial charge on any atom is 0.253 e. The first-order chi connectivity index (χ1) is 11.6. The highest BCUT2D eigenvalue weighted by atomic mass is 35.5. The normalized spacial score (nSPS) is 11.2. The van der Waals surface area contributed by atoms with E-state index in [0.29, 0.717) is 17.1 Å². The fourth-order valence-electron chi connectivity index (χ4n) is 2.66. The van der Waals surface area contributed by atoms with Crippen LogP contribution in [0.15, 0.2) is 47.7 Å². The second kappa shape index (κ2) is 5.65. The Morgan fingerprint density at radius 2 is 2.12 bits per heavy atom. The molecule has 0 aliphatic rings. The van der Waals surface area contributed by atoms with Gasteiger partial charge in [-0.2, -0.15) is 0 Å². The fourth-order valence-corrected chi connectivity index (χ4v) is 2.84. The Bertz CT molecular complexity index is 1120.